The molecule has 0 amide bonds. The zero-order chi connectivity index (χ0) is 13.7. The Labute approximate surface area is 114 Å². The Balaban J connectivity index is 1.90. The van der Waals surface area contributed by atoms with Crippen molar-refractivity contribution in [3.05, 3.63) is 35.9 Å². The third-order valence-corrected chi connectivity index (χ3v) is 5.45. The molecule has 1 aliphatic heterocycles. The first-order chi connectivity index (χ1) is 9.12. The van der Waals surface area contributed by atoms with E-state index in [4.69, 9.17) is 0 Å². The first kappa shape index (κ1) is 14.2. The van der Waals surface area contributed by atoms with E-state index in [0.717, 1.165) is 11.8 Å². The van der Waals surface area contributed by atoms with Gasteiger partial charge >= 0.3 is 0 Å². The lowest BCUT2D eigenvalue weighted by molar-refractivity contribution is -0.112. The molecule has 5 heteroatoms. The standard InChI is InChI=1S/C14H19NO3S/c16-12-14-6-9-15(10-7-14)19(17,18)11-8-13-4-2-1-3-5-13/h1-5,12,14H,6-11H2. The van der Waals surface area contributed by atoms with Crippen LogP contribution < -0.4 is 0 Å². The summed E-state index contributed by atoms with van der Waals surface area (Å²) in [6.45, 7) is 0.945. The Morgan fingerprint density at radius 2 is 1.79 bits per heavy atom. The van der Waals surface area contributed by atoms with Crippen LogP contribution in [0.4, 0.5) is 0 Å². The second-order valence-electron chi connectivity index (χ2n) is 4.92. The van der Waals surface area contributed by atoms with Crippen molar-refractivity contribution in [2.75, 3.05) is 18.8 Å². The van der Waals surface area contributed by atoms with E-state index < -0.39 is 10.0 Å². The van der Waals surface area contributed by atoms with E-state index in [-0.39, 0.29) is 11.7 Å². The number of hydrogen-bond donors (Lipinski definition) is 0. The molecule has 0 aliphatic carbocycles. The largest absolute Gasteiger partial charge is 0.303 e. The molecule has 104 valence electrons. The van der Waals surface area contributed by atoms with Crippen LogP contribution in [0.2, 0.25) is 0 Å². The Hall–Kier alpha value is -1.20. The zero-order valence-electron chi connectivity index (χ0n) is 10.9. The minimum absolute atomic E-state index is 0.0283. The molecule has 0 radical (unpaired) electrons. The van der Waals surface area contributed by atoms with Crippen LogP contribution in [0.15, 0.2) is 30.3 Å². The normalized spacial score (nSPS) is 18.3. The number of carbonyl (C=O) groups excluding carboxylic acids is 1. The van der Waals surface area contributed by atoms with Crippen molar-refractivity contribution in [1.29, 1.82) is 0 Å². The van der Waals surface area contributed by atoms with E-state index in [1.807, 2.05) is 30.3 Å². The predicted octanol–water partition coefficient (Wildman–Crippen LogP) is 1.47. The molecule has 0 bridgehead atoms. The summed E-state index contributed by atoms with van der Waals surface area (Å²) >= 11 is 0. The van der Waals surface area contributed by atoms with Gasteiger partial charge in [0.05, 0.1) is 5.75 Å². The van der Waals surface area contributed by atoms with Gasteiger partial charge in [0, 0.05) is 19.0 Å². The molecule has 0 N–H and O–H groups in total. The Kier molecular flexibility index (Phi) is 4.71. The van der Waals surface area contributed by atoms with Crippen LogP contribution in [-0.2, 0) is 21.2 Å². The molecule has 1 heterocycles. The van der Waals surface area contributed by atoms with Gasteiger partial charge < -0.3 is 4.79 Å². The van der Waals surface area contributed by atoms with Crippen molar-refractivity contribution in [3.63, 3.8) is 0 Å². The van der Waals surface area contributed by atoms with Crippen LogP contribution in [-0.4, -0.2) is 37.9 Å². The molecule has 0 saturated carbocycles. The highest BCUT2D eigenvalue weighted by atomic mass is 32.2. The maximum atomic E-state index is 12.2. The van der Waals surface area contributed by atoms with Crippen molar-refractivity contribution < 1.29 is 13.2 Å². The average Bonchev–Trinajstić information content (AvgIpc) is 2.46. The van der Waals surface area contributed by atoms with Gasteiger partial charge in [0.1, 0.15) is 6.29 Å². The SMILES string of the molecule is O=CC1CCN(S(=O)(=O)CCc2ccccc2)CC1. The van der Waals surface area contributed by atoms with Gasteiger partial charge in [-0.15, -0.1) is 0 Å². The minimum atomic E-state index is -3.20. The summed E-state index contributed by atoms with van der Waals surface area (Å²) in [5, 5.41) is 0. The van der Waals surface area contributed by atoms with Crippen molar-refractivity contribution in [1.82, 2.24) is 4.31 Å². The maximum absolute atomic E-state index is 12.2. The van der Waals surface area contributed by atoms with Crippen LogP contribution >= 0.6 is 0 Å². The lowest BCUT2D eigenvalue weighted by Gasteiger charge is -2.28. The predicted molar refractivity (Wildman–Crippen MR) is 74.3 cm³/mol. The molecule has 4 nitrogen and oxygen atoms in total. The number of aryl methyl sites for hydroxylation is 1. The van der Waals surface area contributed by atoms with Crippen LogP contribution in [0.3, 0.4) is 0 Å². The molecule has 1 saturated heterocycles. The van der Waals surface area contributed by atoms with Crippen molar-refractivity contribution in [3.8, 4) is 0 Å². The lowest BCUT2D eigenvalue weighted by atomic mass is 10.0. The molecule has 0 spiro atoms. The number of aldehydes is 1. The number of nitrogens with zero attached hydrogens (tertiary/aromatic N) is 1. The lowest BCUT2D eigenvalue weighted by Crippen LogP contribution is -2.40. The quantitative estimate of drug-likeness (QED) is 0.768. The van der Waals surface area contributed by atoms with Gasteiger partial charge in [-0.2, -0.15) is 0 Å². The topological polar surface area (TPSA) is 54.5 Å². The highest BCUT2D eigenvalue weighted by Gasteiger charge is 2.27. The number of sulfonamides is 1. The van der Waals surface area contributed by atoms with E-state index >= 15 is 0 Å². The molecule has 0 aromatic heterocycles. The van der Waals surface area contributed by atoms with Crippen LogP contribution in [0.1, 0.15) is 18.4 Å². The van der Waals surface area contributed by atoms with Gasteiger partial charge in [-0.3, -0.25) is 0 Å². The third-order valence-electron chi connectivity index (χ3n) is 3.58. The number of hydrogen-bond acceptors (Lipinski definition) is 3. The van der Waals surface area contributed by atoms with Crippen molar-refractivity contribution in [2.24, 2.45) is 5.92 Å². The van der Waals surface area contributed by atoms with Gasteiger partial charge in [0.15, 0.2) is 0 Å². The van der Waals surface area contributed by atoms with Gasteiger partial charge in [-0.1, -0.05) is 30.3 Å². The molecule has 1 aromatic rings. The van der Waals surface area contributed by atoms with Gasteiger partial charge in [0.25, 0.3) is 0 Å². The number of benzene rings is 1. The molecular weight excluding hydrogens is 262 g/mol. The third kappa shape index (κ3) is 3.88. The Bertz CT molecular complexity index is 505. The van der Waals surface area contributed by atoms with Crippen molar-refractivity contribution in [2.45, 2.75) is 19.3 Å². The highest BCUT2D eigenvalue weighted by molar-refractivity contribution is 7.89. The van der Waals surface area contributed by atoms with Gasteiger partial charge in [-0.05, 0) is 24.8 Å². The van der Waals surface area contributed by atoms with Gasteiger partial charge in [-0.25, -0.2) is 12.7 Å². The first-order valence-corrected chi connectivity index (χ1v) is 8.20. The molecule has 0 unspecified atom stereocenters. The summed E-state index contributed by atoms with van der Waals surface area (Å²) in [5.41, 5.74) is 1.04. The summed E-state index contributed by atoms with van der Waals surface area (Å²) in [6.07, 6.45) is 2.77. The summed E-state index contributed by atoms with van der Waals surface area (Å²) in [6, 6.07) is 9.62. The van der Waals surface area contributed by atoms with E-state index in [1.54, 1.807) is 0 Å². The molecule has 19 heavy (non-hydrogen) atoms. The fraction of sp³-hybridized carbons (Fsp3) is 0.500. The highest BCUT2D eigenvalue weighted by Crippen LogP contribution is 2.18. The molecule has 1 aliphatic rings. The van der Waals surface area contributed by atoms with E-state index in [1.165, 1.54) is 4.31 Å². The molecule has 0 atom stereocenters. The summed E-state index contributed by atoms with van der Waals surface area (Å²) < 4.78 is 25.9. The number of rotatable bonds is 5. The number of piperidine rings is 1. The molecule has 1 fully saturated rings. The summed E-state index contributed by atoms with van der Waals surface area (Å²) in [4.78, 5) is 10.7. The monoisotopic (exact) mass is 281 g/mol. The zero-order valence-corrected chi connectivity index (χ0v) is 11.7. The fourth-order valence-corrected chi connectivity index (χ4v) is 3.83. The Morgan fingerprint density at radius 3 is 2.37 bits per heavy atom. The van der Waals surface area contributed by atoms with E-state index in [2.05, 4.69) is 0 Å². The van der Waals surface area contributed by atoms with E-state index in [0.29, 0.717) is 32.4 Å². The molecule has 2 rings (SSSR count). The Morgan fingerprint density at radius 1 is 1.16 bits per heavy atom. The van der Waals surface area contributed by atoms with E-state index in [9.17, 15) is 13.2 Å². The second kappa shape index (κ2) is 6.30. The first-order valence-electron chi connectivity index (χ1n) is 6.59. The van der Waals surface area contributed by atoms with Crippen LogP contribution in [0, 0.1) is 5.92 Å². The number of carbonyl (C=O) groups is 1. The van der Waals surface area contributed by atoms with Crippen LogP contribution in [0.5, 0.6) is 0 Å². The summed E-state index contributed by atoms with van der Waals surface area (Å²) in [5.74, 6) is 0.170. The fourth-order valence-electron chi connectivity index (χ4n) is 2.31. The minimum Gasteiger partial charge on any atom is -0.303 e. The smallest absolute Gasteiger partial charge is 0.214 e. The summed E-state index contributed by atoms with van der Waals surface area (Å²) in [7, 11) is -3.20. The average molecular weight is 281 g/mol. The van der Waals surface area contributed by atoms with Crippen LogP contribution in [0.25, 0.3) is 0 Å². The van der Waals surface area contributed by atoms with Crippen molar-refractivity contribution >= 4 is 16.3 Å². The van der Waals surface area contributed by atoms with Gasteiger partial charge in [0.2, 0.25) is 10.0 Å². The second-order valence-corrected chi connectivity index (χ2v) is 7.01. The molecule has 1 aromatic carbocycles. The molecular formula is C14H19NO3S. The maximum Gasteiger partial charge on any atom is 0.214 e.